The van der Waals surface area contributed by atoms with Gasteiger partial charge in [0.05, 0.1) is 0 Å². The molecule has 27 heavy (non-hydrogen) atoms. The van der Waals surface area contributed by atoms with E-state index in [1.807, 2.05) is 0 Å². The number of hydrogen-bond donors (Lipinski definition) is 1. The Bertz CT molecular complexity index is 747. The van der Waals surface area contributed by atoms with E-state index in [4.69, 9.17) is 0 Å². The summed E-state index contributed by atoms with van der Waals surface area (Å²) in [5, 5.41) is 11.1. The Morgan fingerprint density at radius 2 is 1.30 bits per heavy atom. The number of aliphatic hydroxyl groups is 1. The van der Waals surface area contributed by atoms with Crippen molar-refractivity contribution in [1.29, 1.82) is 0 Å². The molecule has 1 unspecified atom stereocenters. The van der Waals surface area contributed by atoms with Crippen LogP contribution in [0.2, 0.25) is 0 Å². The monoisotopic (exact) mass is 368 g/mol. The fourth-order valence-electron chi connectivity index (χ4n) is 4.15. The van der Waals surface area contributed by atoms with Crippen LogP contribution in [-0.4, -0.2) is 10.9 Å². The normalized spacial score (nSPS) is 21.6. The Kier molecular flexibility index (Phi) is 6.39. The summed E-state index contributed by atoms with van der Waals surface area (Å²) in [5.41, 5.74) is 6.22. The molecule has 1 N–H and O–H groups in total. The Hall–Kier alpha value is -1.83. The number of Topliss-reactive ketones (excluding diaryl/α,β-unsaturated/α-hetero) is 1. The van der Waals surface area contributed by atoms with Gasteiger partial charge in [0.25, 0.3) is 0 Å². The molecule has 0 bridgehead atoms. The average molecular weight is 369 g/mol. The molecule has 0 heterocycles. The molecule has 2 rings (SSSR count). The molecule has 0 aromatic carbocycles. The molecule has 148 valence electrons. The van der Waals surface area contributed by atoms with Crippen LogP contribution in [0.3, 0.4) is 0 Å². The highest BCUT2D eigenvalue weighted by atomic mass is 16.3. The van der Waals surface area contributed by atoms with Crippen molar-refractivity contribution in [2.24, 2.45) is 29.6 Å². The maximum atomic E-state index is 12.9. The van der Waals surface area contributed by atoms with E-state index in [-0.39, 0.29) is 35.4 Å². The Morgan fingerprint density at radius 3 is 1.67 bits per heavy atom. The Balaban J connectivity index is 2.79. The molecule has 1 atom stereocenters. The number of rotatable bonds is 4. The smallest absolute Gasteiger partial charge is 0.185 e. The number of allylic oxidation sites excluding steroid dienone is 9. The van der Waals surface area contributed by atoms with Crippen molar-refractivity contribution in [2.45, 2.75) is 62.3 Å². The summed E-state index contributed by atoms with van der Waals surface area (Å²) in [4.78, 5) is 12.9. The lowest BCUT2D eigenvalue weighted by Crippen LogP contribution is -2.24. The van der Waals surface area contributed by atoms with Gasteiger partial charge in [0.15, 0.2) is 5.78 Å². The van der Waals surface area contributed by atoms with Gasteiger partial charge in [-0.1, -0.05) is 61.5 Å². The van der Waals surface area contributed by atoms with Crippen LogP contribution in [0.5, 0.6) is 0 Å². The van der Waals surface area contributed by atoms with Crippen molar-refractivity contribution in [2.75, 3.05) is 0 Å². The highest BCUT2D eigenvalue weighted by molar-refractivity contribution is 6.11. The summed E-state index contributed by atoms with van der Waals surface area (Å²) in [6, 6.07) is 0. The van der Waals surface area contributed by atoms with Gasteiger partial charge in [0, 0.05) is 17.1 Å². The van der Waals surface area contributed by atoms with Crippen LogP contribution in [0.4, 0.5) is 0 Å². The fraction of sp³-hybridized carbons (Fsp3) is 0.560. The quantitative estimate of drug-likeness (QED) is 0.597. The van der Waals surface area contributed by atoms with Crippen LogP contribution in [0.15, 0.2) is 57.4 Å². The van der Waals surface area contributed by atoms with E-state index < -0.39 is 0 Å². The molecule has 0 spiro atoms. The van der Waals surface area contributed by atoms with Crippen LogP contribution in [0.25, 0.3) is 0 Å². The van der Waals surface area contributed by atoms with Crippen LogP contribution in [-0.2, 0) is 4.79 Å². The van der Waals surface area contributed by atoms with E-state index in [0.717, 1.165) is 27.9 Å². The van der Waals surface area contributed by atoms with Gasteiger partial charge < -0.3 is 5.11 Å². The molecule has 0 fully saturated rings. The molecule has 2 nitrogen and oxygen atoms in total. The summed E-state index contributed by atoms with van der Waals surface area (Å²) < 4.78 is 0. The molecular formula is C25H36O2. The molecular weight excluding hydrogens is 332 g/mol. The first-order valence-electron chi connectivity index (χ1n) is 10.3. The first-order valence-corrected chi connectivity index (χ1v) is 10.3. The SMILES string of the molecule is CC1=CC(C(C)C)=C(O)C(C(C)C)C1=C1C=C(C(C)C)C(=O)C(C(C)C)=C1. The van der Waals surface area contributed by atoms with Crippen LogP contribution in [0, 0.1) is 29.6 Å². The molecule has 0 saturated heterocycles. The molecule has 2 aliphatic rings. The van der Waals surface area contributed by atoms with Gasteiger partial charge in [0.2, 0.25) is 0 Å². The first-order chi connectivity index (χ1) is 12.5. The number of hydrogen-bond acceptors (Lipinski definition) is 2. The van der Waals surface area contributed by atoms with Crippen molar-refractivity contribution in [1.82, 2.24) is 0 Å². The zero-order valence-electron chi connectivity index (χ0n) is 18.5. The predicted octanol–water partition coefficient (Wildman–Crippen LogP) is 6.73. The number of carbonyl (C=O) groups is 1. The van der Waals surface area contributed by atoms with Gasteiger partial charge >= 0.3 is 0 Å². The third-order valence-electron chi connectivity index (χ3n) is 5.69. The highest BCUT2D eigenvalue weighted by Crippen LogP contribution is 2.43. The van der Waals surface area contributed by atoms with E-state index in [9.17, 15) is 9.90 Å². The third-order valence-corrected chi connectivity index (χ3v) is 5.69. The second-order valence-electron chi connectivity index (χ2n) is 9.25. The average Bonchev–Trinajstić information content (AvgIpc) is 2.55. The lowest BCUT2D eigenvalue weighted by molar-refractivity contribution is -0.113. The zero-order chi connectivity index (χ0) is 20.6. The second-order valence-corrected chi connectivity index (χ2v) is 9.25. The number of carbonyl (C=O) groups excluding carboxylic acids is 1. The minimum atomic E-state index is -0.0371. The van der Waals surface area contributed by atoms with E-state index in [2.05, 4.69) is 80.5 Å². The maximum Gasteiger partial charge on any atom is 0.185 e. The summed E-state index contributed by atoms with van der Waals surface area (Å²) in [5.74, 6) is 1.53. The topological polar surface area (TPSA) is 37.3 Å². The lowest BCUT2D eigenvalue weighted by Gasteiger charge is -2.33. The number of ketones is 1. The summed E-state index contributed by atoms with van der Waals surface area (Å²) in [7, 11) is 0. The molecule has 2 heteroatoms. The standard InChI is InChI=1S/C25H36O2/c1-13(2)19-10-17(9)23(22(16(7)8)25(19)27)18-11-20(14(3)4)24(26)21(12-18)15(5)6/h10-16,22,27H,1-9H3. The van der Waals surface area contributed by atoms with Gasteiger partial charge in [-0.05, 0) is 65.0 Å². The van der Waals surface area contributed by atoms with Crippen LogP contribution in [0.1, 0.15) is 62.3 Å². The van der Waals surface area contributed by atoms with Gasteiger partial charge in [-0.15, -0.1) is 0 Å². The Morgan fingerprint density at radius 1 is 0.815 bits per heavy atom. The lowest BCUT2D eigenvalue weighted by atomic mass is 9.72. The van der Waals surface area contributed by atoms with Crippen molar-refractivity contribution in [3.05, 3.63) is 57.4 Å². The molecule has 2 aliphatic carbocycles. The van der Waals surface area contributed by atoms with Gasteiger partial charge in [-0.3, -0.25) is 4.79 Å². The molecule has 0 aromatic heterocycles. The van der Waals surface area contributed by atoms with E-state index >= 15 is 0 Å². The third kappa shape index (κ3) is 4.05. The maximum absolute atomic E-state index is 12.9. The number of aliphatic hydroxyl groups excluding tert-OH is 1. The summed E-state index contributed by atoms with van der Waals surface area (Å²) >= 11 is 0. The zero-order valence-corrected chi connectivity index (χ0v) is 18.5. The summed E-state index contributed by atoms with van der Waals surface area (Å²) in [6.45, 7) is 19.0. The molecule has 0 aliphatic heterocycles. The van der Waals surface area contributed by atoms with E-state index in [1.165, 1.54) is 5.57 Å². The predicted molar refractivity (Wildman–Crippen MR) is 114 cm³/mol. The van der Waals surface area contributed by atoms with Crippen molar-refractivity contribution >= 4 is 5.78 Å². The first kappa shape index (κ1) is 21.5. The highest BCUT2D eigenvalue weighted by Gasteiger charge is 2.33. The van der Waals surface area contributed by atoms with Crippen LogP contribution >= 0.6 is 0 Å². The van der Waals surface area contributed by atoms with Crippen molar-refractivity contribution in [3.8, 4) is 0 Å². The minimum absolute atomic E-state index is 0.0371. The van der Waals surface area contributed by atoms with Crippen molar-refractivity contribution in [3.63, 3.8) is 0 Å². The van der Waals surface area contributed by atoms with E-state index in [0.29, 0.717) is 5.76 Å². The second kappa shape index (κ2) is 8.04. The molecule has 0 radical (unpaired) electrons. The van der Waals surface area contributed by atoms with Crippen LogP contribution < -0.4 is 0 Å². The molecule has 0 amide bonds. The summed E-state index contributed by atoms with van der Waals surface area (Å²) in [6.07, 6.45) is 6.26. The fourth-order valence-corrected chi connectivity index (χ4v) is 4.15. The Labute approximate surface area is 165 Å². The van der Waals surface area contributed by atoms with Crippen molar-refractivity contribution < 1.29 is 9.90 Å². The van der Waals surface area contributed by atoms with Gasteiger partial charge in [-0.25, -0.2) is 0 Å². The largest absolute Gasteiger partial charge is 0.511 e. The minimum Gasteiger partial charge on any atom is -0.511 e. The van der Waals surface area contributed by atoms with Gasteiger partial charge in [0.1, 0.15) is 5.76 Å². The van der Waals surface area contributed by atoms with Gasteiger partial charge in [-0.2, -0.15) is 0 Å². The molecule has 0 saturated carbocycles. The molecule has 0 aromatic rings. The van der Waals surface area contributed by atoms with E-state index in [1.54, 1.807) is 0 Å².